The van der Waals surface area contributed by atoms with Gasteiger partial charge in [0.25, 0.3) is 5.91 Å². The van der Waals surface area contributed by atoms with E-state index in [0.29, 0.717) is 16.3 Å². The van der Waals surface area contributed by atoms with Crippen molar-refractivity contribution in [3.8, 4) is 0 Å². The van der Waals surface area contributed by atoms with Gasteiger partial charge in [-0.1, -0.05) is 41.9 Å². The van der Waals surface area contributed by atoms with Crippen LogP contribution in [0.1, 0.15) is 5.56 Å². The Morgan fingerprint density at radius 2 is 1.81 bits per heavy atom. The van der Waals surface area contributed by atoms with Gasteiger partial charge in [-0.2, -0.15) is 0 Å². The van der Waals surface area contributed by atoms with Crippen LogP contribution < -0.4 is 5.32 Å². The second kappa shape index (κ2) is 7.86. The smallest absolute Gasteiger partial charge is 0.262 e. The number of benzene rings is 2. The fourth-order valence-electron chi connectivity index (χ4n) is 1.61. The van der Waals surface area contributed by atoms with Crippen molar-refractivity contribution in [1.29, 1.82) is 0 Å². The van der Waals surface area contributed by atoms with Gasteiger partial charge < -0.3 is 5.32 Å². The number of hydrogen-bond donors (Lipinski definition) is 1. The van der Waals surface area contributed by atoms with Crippen LogP contribution in [0.3, 0.4) is 0 Å². The molecule has 0 fully saturated rings. The van der Waals surface area contributed by atoms with E-state index in [4.69, 9.17) is 11.6 Å². The second-order valence-corrected chi connectivity index (χ2v) is 5.44. The van der Waals surface area contributed by atoms with Crippen LogP contribution in [-0.4, -0.2) is 5.91 Å². The number of amides is 1. The molecule has 0 saturated heterocycles. The number of anilines is 1. The zero-order valence-corrected chi connectivity index (χ0v) is 12.6. The van der Waals surface area contributed by atoms with Crippen LogP contribution in [0.4, 0.5) is 10.1 Å². The van der Waals surface area contributed by atoms with Crippen LogP contribution in [-0.2, 0) is 10.5 Å². The third-order valence-corrected chi connectivity index (χ3v) is 4.10. The lowest BCUT2D eigenvalue weighted by molar-refractivity contribution is -0.112. The molecule has 1 N–H and O–H groups in total. The van der Waals surface area contributed by atoms with E-state index in [0.717, 1.165) is 5.56 Å². The molecular weight excluding hydrogens is 309 g/mol. The highest BCUT2D eigenvalue weighted by atomic mass is 35.5. The Hall–Kier alpha value is -1.78. The van der Waals surface area contributed by atoms with E-state index in [1.807, 2.05) is 30.3 Å². The lowest BCUT2D eigenvalue weighted by Gasteiger charge is -2.08. The summed E-state index contributed by atoms with van der Waals surface area (Å²) < 4.78 is 12.8. The lowest BCUT2D eigenvalue weighted by atomic mass is 10.2. The van der Waals surface area contributed by atoms with E-state index in [-0.39, 0.29) is 11.7 Å². The molecule has 0 atom stereocenters. The van der Waals surface area contributed by atoms with Crippen LogP contribution in [0, 0.1) is 5.82 Å². The van der Waals surface area contributed by atoms with E-state index >= 15 is 0 Å². The van der Waals surface area contributed by atoms with Gasteiger partial charge in [-0.25, -0.2) is 4.39 Å². The summed E-state index contributed by atoms with van der Waals surface area (Å²) in [4.78, 5) is 12.5. The van der Waals surface area contributed by atoms with Crippen molar-refractivity contribution in [3.05, 3.63) is 76.4 Å². The third-order valence-electron chi connectivity index (χ3n) is 2.66. The molecule has 0 spiro atoms. The lowest BCUT2D eigenvalue weighted by Crippen LogP contribution is -2.12. The summed E-state index contributed by atoms with van der Waals surface area (Å²) in [7, 11) is 0. The molecule has 2 aromatic rings. The Morgan fingerprint density at radius 3 is 2.43 bits per heavy atom. The molecule has 21 heavy (non-hydrogen) atoms. The summed E-state index contributed by atoms with van der Waals surface area (Å²) in [5.74, 6) is -0.00642. The summed E-state index contributed by atoms with van der Waals surface area (Å²) in [6.45, 7) is 0. The number of thioether (sulfide) groups is 1. The van der Waals surface area contributed by atoms with Crippen molar-refractivity contribution in [2.45, 2.75) is 5.75 Å². The monoisotopic (exact) mass is 321 g/mol. The first kappa shape index (κ1) is 15.6. The highest BCUT2D eigenvalue weighted by Gasteiger charge is 2.10. The first-order chi connectivity index (χ1) is 10.2. The number of rotatable bonds is 5. The van der Waals surface area contributed by atoms with Crippen molar-refractivity contribution in [2.24, 2.45) is 0 Å². The number of carbonyl (C=O) groups is 1. The molecule has 2 aromatic carbocycles. The number of hydrogen-bond acceptors (Lipinski definition) is 2. The zero-order valence-electron chi connectivity index (χ0n) is 11.1. The molecule has 2 rings (SSSR count). The average Bonchev–Trinajstić information content (AvgIpc) is 2.51. The van der Waals surface area contributed by atoms with E-state index in [9.17, 15) is 9.18 Å². The SMILES string of the molecule is O=C(Nc1ccc(F)cc1)/C(=C\Cl)SCc1ccccc1. The molecule has 2 nitrogen and oxygen atoms in total. The van der Waals surface area contributed by atoms with Gasteiger partial charge in [0.1, 0.15) is 5.82 Å². The Labute approximate surface area is 132 Å². The molecule has 0 bridgehead atoms. The number of carbonyl (C=O) groups excluding carboxylic acids is 1. The molecule has 1 amide bonds. The largest absolute Gasteiger partial charge is 0.322 e. The quantitative estimate of drug-likeness (QED) is 0.803. The fourth-order valence-corrected chi connectivity index (χ4v) is 2.66. The minimum Gasteiger partial charge on any atom is -0.322 e. The summed E-state index contributed by atoms with van der Waals surface area (Å²) in [6, 6.07) is 15.4. The van der Waals surface area contributed by atoms with Gasteiger partial charge in [-0.15, -0.1) is 11.8 Å². The van der Waals surface area contributed by atoms with Gasteiger partial charge in [-0.3, -0.25) is 4.79 Å². The van der Waals surface area contributed by atoms with Crippen LogP contribution in [0.25, 0.3) is 0 Å². The predicted molar refractivity (Wildman–Crippen MR) is 86.7 cm³/mol. The normalized spacial score (nSPS) is 11.2. The molecular formula is C16H13ClFNOS. The van der Waals surface area contributed by atoms with E-state index in [1.165, 1.54) is 41.6 Å². The van der Waals surface area contributed by atoms with Gasteiger partial charge in [0.15, 0.2) is 0 Å². The van der Waals surface area contributed by atoms with Crippen LogP contribution in [0.5, 0.6) is 0 Å². The maximum atomic E-state index is 12.8. The minimum atomic E-state index is -0.348. The van der Waals surface area contributed by atoms with E-state index < -0.39 is 0 Å². The molecule has 108 valence electrons. The summed E-state index contributed by atoms with van der Waals surface area (Å²) in [6.07, 6.45) is 0. The fraction of sp³-hybridized carbons (Fsp3) is 0.0625. The summed E-state index contributed by atoms with van der Waals surface area (Å²) in [5, 5.41) is 2.68. The number of halogens is 2. The van der Waals surface area contributed by atoms with Crippen LogP contribution in [0.15, 0.2) is 65.0 Å². The Kier molecular flexibility index (Phi) is 5.84. The maximum Gasteiger partial charge on any atom is 0.262 e. The molecule has 0 aliphatic carbocycles. The topological polar surface area (TPSA) is 29.1 Å². The van der Waals surface area contributed by atoms with Gasteiger partial charge in [0, 0.05) is 17.0 Å². The van der Waals surface area contributed by atoms with Crippen molar-refractivity contribution >= 4 is 35.0 Å². The maximum absolute atomic E-state index is 12.8. The Morgan fingerprint density at radius 1 is 1.14 bits per heavy atom. The molecule has 0 radical (unpaired) electrons. The minimum absolute atomic E-state index is 0.308. The zero-order chi connectivity index (χ0) is 15.1. The van der Waals surface area contributed by atoms with Crippen LogP contribution >= 0.6 is 23.4 Å². The first-order valence-electron chi connectivity index (χ1n) is 6.23. The molecule has 0 heterocycles. The molecule has 0 saturated carbocycles. The Balaban J connectivity index is 1.94. The molecule has 5 heteroatoms. The third kappa shape index (κ3) is 4.92. The highest BCUT2D eigenvalue weighted by molar-refractivity contribution is 8.03. The summed E-state index contributed by atoms with van der Waals surface area (Å²) >= 11 is 7.06. The molecule has 0 aromatic heterocycles. The molecule has 0 aliphatic rings. The molecule has 0 aliphatic heterocycles. The molecule has 0 unspecified atom stereocenters. The standard InChI is InChI=1S/C16H13ClFNOS/c17-10-15(21-11-12-4-2-1-3-5-12)16(20)19-14-8-6-13(18)7-9-14/h1-10H,11H2,(H,19,20)/b15-10+. The van der Waals surface area contributed by atoms with Gasteiger partial charge in [0.05, 0.1) is 4.91 Å². The van der Waals surface area contributed by atoms with Crippen molar-refractivity contribution in [3.63, 3.8) is 0 Å². The van der Waals surface area contributed by atoms with Crippen LogP contribution in [0.2, 0.25) is 0 Å². The van der Waals surface area contributed by atoms with Gasteiger partial charge in [-0.05, 0) is 29.8 Å². The van der Waals surface area contributed by atoms with Crippen molar-refractivity contribution in [1.82, 2.24) is 0 Å². The van der Waals surface area contributed by atoms with Crippen molar-refractivity contribution < 1.29 is 9.18 Å². The number of nitrogens with one attached hydrogen (secondary N) is 1. The van der Waals surface area contributed by atoms with Gasteiger partial charge in [0.2, 0.25) is 0 Å². The first-order valence-corrected chi connectivity index (χ1v) is 7.65. The predicted octanol–water partition coefficient (Wildman–Crippen LogP) is 4.78. The van der Waals surface area contributed by atoms with E-state index in [2.05, 4.69) is 5.32 Å². The van der Waals surface area contributed by atoms with E-state index in [1.54, 1.807) is 0 Å². The average molecular weight is 322 g/mol. The summed E-state index contributed by atoms with van der Waals surface area (Å²) in [5.41, 5.74) is 2.89. The van der Waals surface area contributed by atoms with Crippen molar-refractivity contribution in [2.75, 3.05) is 5.32 Å². The Bertz CT molecular complexity index is 628. The highest BCUT2D eigenvalue weighted by Crippen LogP contribution is 2.23. The van der Waals surface area contributed by atoms with Gasteiger partial charge >= 0.3 is 0 Å². The second-order valence-electron chi connectivity index (χ2n) is 4.21.